The Morgan fingerprint density at radius 1 is 1.16 bits per heavy atom. The monoisotopic (exact) mass is 386 g/mol. The molecule has 3 rings (SSSR count). The summed E-state index contributed by atoms with van der Waals surface area (Å²) in [5.74, 6) is -0.163. The second-order valence-corrected chi connectivity index (χ2v) is 8.80. The van der Waals surface area contributed by atoms with Crippen LogP contribution in [0.4, 0.5) is 0 Å². The summed E-state index contributed by atoms with van der Waals surface area (Å²) in [6, 6.07) is 4.51. The lowest BCUT2D eigenvalue weighted by Crippen LogP contribution is -2.40. The van der Waals surface area contributed by atoms with Crippen molar-refractivity contribution in [3.63, 3.8) is 0 Å². The number of carbonyl (C=O) groups excluding carboxylic acids is 1. The molecule has 0 saturated carbocycles. The predicted octanol–water partition coefficient (Wildman–Crippen LogP) is 2.38. The largest absolute Gasteiger partial charge is 0.381 e. The van der Waals surface area contributed by atoms with Crippen molar-refractivity contribution >= 4 is 27.5 Å². The summed E-state index contributed by atoms with van der Waals surface area (Å²) in [7, 11) is -1.98. The van der Waals surface area contributed by atoms with Crippen LogP contribution in [0.15, 0.2) is 23.1 Å². The summed E-state index contributed by atoms with van der Waals surface area (Å²) in [5, 5.41) is 0.154. The third-order valence-electron chi connectivity index (χ3n) is 4.92. The number of halogens is 1. The summed E-state index contributed by atoms with van der Waals surface area (Å²) in [4.78, 5) is 14.5. The number of piperidine rings is 1. The average molecular weight is 387 g/mol. The second-order valence-electron chi connectivity index (χ2n) is 6.48. The van der Waals surface area contributed by atoms with Crippen molar-refractivity contribution in [2.45, 2.75) is 36.7 Å². The molecule has 0 atom stereocenters. The molecule has 1 aromatic carbocycles. The molecule has 25 heavy (non-hydrogen) atoms. The van der Waals surface area contributed by atoms with Gasteiger partial charge in [0.15, 0.2) is 0 Å². The van der Waals surface area contributed by atoms with Crippen LogP contribution in [0.25, 0.3) is 0 Å². The van der Waals surface area contributed by atoms with E-state index in [2.05, 4.69) is 0 Å². The molecule has 0 spiro atoms. The standard InChI is InChI=1S/C17H23ClN2O4S/c1-24-14-6-10-19(11-7-14)17(21)13-4-5-15(18)16(12-13)25(22,23)20-8-2-3-9-20/h4-5,12,14H,2-3,6-11H2,1H3. The number of methoxy groups -OCH3 is 1. The lowest BCUT2D eigenvalue weighted by atomic mass is 10.1. The van der Waals surface area contributed by atoms with E-state index in [1.807, 2.05) is 0 Å². The fourth-order valence-electron chi connectivity index (χ4n) is 3.38. The van der Waals surface area contributed by atoms with Gasteiger partial charge in [-0.05, 0) is 43.9 Å². The van der Waals surface area contributed by atoms with Gasteiger partial charge in [0, 0.05) is 38.9 Å². The third kappa shape index (κ3) is 3.84. The highest BCUT2D eigenvalue weighted by molar-refractivity contribution is 7.89. The van der Waals surface area contributed by atoms with Crippen molar-refractivity contribution in [3.8, 4) is 0 Å². The van der Waals surface area contributed by atoms with Gasteiger partial charge in [-0.3, -0.25) is 4.79 Å². The summed E-state index contributed by atoms with van der Waals surface area (Å²) in [6.07, 6.45) is 3.46. The molecule has 138 valence electrons. The van der Waals surface area contributed by atoms with Crippen LogP contribution in [0.3, 0.4) is 0 Å². The Morgan fingerprint density at radius 3 is 2.40 bits per heavy atom. The number of amides is 1. The Balaban J connectivity index is 1.83. The molecule has 0 radical (unpaired) electrons. The maximum absolute atomic E-state index is 12.8. The second kappa shape index (κ2) is 7.61. The van der Waals surface area contributed by atoms with Crippen LogP contribution in [-0.4, -0.2) is 62.9 Å². The fraction of sp³-hybridized carbons (Fsp3) is 0.588. The molecule has 2 heterocycles. The van der Waals surface area contributed by atoms with Gasteiger partial charge < -0.3 is 9.64 Å². The Labute approximate surface area is 153 Å². The minimum Gasteiger partial charge on any atom is -0.381 e. The minimum atomic E-state index is -3.66. The van der Waals surface area contributed by atoms with Crippen LogP contribution in [0.2, 0.25) is 5.02 Å². The van der Waals surface area contributed by atoms with E-state index in [-0.39, 0.29) is 21.9 Å². The van der Waals surface area contributed by atoms with Gasteiger partial charge in [0.25, 0.3) is 5.91 Å². The molecule has 0 aromatic heterocycles. The van der Waals surface area contributed by atoms with Crippen LogP contribution in [0.5, 0.6) is 0 Å². The average Bonchev–Trinajstić information content (AvgIpc) is 3.17. The van der Waals surface area contributed by atoms with Gasteiger partial charge in [-0.2, -0.15) is 4.31 Å². The Hall–Kier alpha value is -1.15. The quantitative estimate of drug-likeness (QED) is 0.796. The van der Waals surface area contributed by atoms with Crippen LogP contribution in [0.1, 0.15) is 36.0 Å². The van der Waals surface area contributed by atoms with E-state index in [0.29, 0.717) is 31.7 Å². The highest BCUT2D eigenvalue weighted by atomic mass is 35.5. The first-order valence-electron chi connectivity index (χ1n) is 8.55. The highest BCUT2D eigenvalue weighted by Gasteiger charge is 2.31. The van der Waals surface area contributed by atoms with Crippen molar-refractivity contribution in [2.75, 3.05) is 33.3 Å². The number of ether oxygens (including phenoxy) is 1. The number of benzene rings is 1. The molecule has 0 unspecified atom stereocenters. The first-order valence-corrected chi connectivity index (χ1v) is 10.4. The van der Waals surface area contributed by atoms with Gasteiger partial charge in [-0.1, -0.05) is 11.6 Å². The number of carbonyl (C=O) groups is 1. The molecule has 1 amide bonds. The summed E-state index contributed by atoms with van der Waals surface area (Å²) >= 11 is 6.14. The molecule has 2 saturated heterocycles. The number of likely N-dealkylation sites (tertiary alicyclic amines) is 1. The molecule has 2 aliphatic heterocycles. The topological polar surface area (TPSA) is 66.9 Å². The SMILES string of the molecule is COC1CCN(C(=O)c2ccc(Cl)c(S(=O)(=O)N3CCCC3)c2)CC1. The minimum absolute atomic E-state index is 0.0219. The van der Waals surface area contributed by atoms with Crippen molar-refractivity contribution < 1.29 is 17.9 Å². The van der Waals surface area contributed by atoms with Crippen LogP contribution >= 0.6 is 11.6 Å². The maximum atomic E-state index is 12.8. The lowest BCUT2D eigenvalue weighted by molar-refractivity contribution is 0.0350. The maximum Gasteiger partial charge on any atom is 0.253 e. The predicted molar refractivity (Wildman–Crippen MR) is 95.4 cm³/mol. The molecule has 8 heteroatoms. The molecule has 1 aromatic rings. The van der Waals surface area contributed by atoms with E-state index >= 15 is 0 Å². The molecular formula is C17H23ClN2O4S. The van der Waals surface area contributed by atoms with Crippen molar-refractivity contribution in [2.24, 2.45) is 0 Å². The zero-order valence-corrected chi connectivity index (χ0v) is 15.9. The first-order chi connectivity index (χ1) is 11.9. The van der Waals surface area contributed by atoms with E-state index in [1.165, 1.54) is 16.4 Å². The number of nitrogens with zero attached hydrogens (tertiary/aromatic N) is 2. The Kier molecular flexibility index (Phi) is 5.68. The molecular weight excluding hydrogens is 364 g/mol. The van der Waals surface area contributed by atoms with Crippen LogP contribution in [0, 0.1) is 0 Å². The number of rotatable bonds is 4. The van der Waals surface area contributed by atoms with Crippen molar-refractivity contribution in [1.29, 1.82) is 0 Å². The van der Waals surface area contributed by atoms with E-state index < -0.39 is 10.0 Å². The normalized spacial score (nSPS) is 20.2. The Morgan fingerprint density at radius 2 is 1.80 bits per heavy atom. The molecule has 0 aliphatic carbocycles. The molecule has 0 N–H and O–H groups in total. The summed E-state index contributed by atoms with van der Waals surface area (Å²) < 4.78 is 32.3. The number of sulfonamides is 1. The van der Waals surface area contributed by atoms with Gasteiger partial charge in [-0.15, -0.1) is 0 Å². The van der Waals surface area contributed by atoms with Gasteiger partial charge in [0.05, 0.1) is 11.1 Å². The van der Waals surface area contributed by atoms with E-state index in [0.717, 1.165) is 25.7 Å². The zero-order chi connectivity index (χ0) is 18.0. The van der Waals surface area contributed by atoms with Gasteiger partial charge in [-0.25, -0.2) is 8.42 Å². The highest BCUT2D eigenvalue weighted by Crippen LogP contribution is 2.29. The van der Waals surface area contributed by atoms with Crippen molar-refractivity contribution in [3.05, 3.63) is 28.8 Å². The molecule has 2 aliphatic rings. The summed E-state index contributed by atoms with van der Waals surface area (Å²) in [6.45, 7) is 2.21. The van der Waals surface area contributed by atoms with Gasteiger partial charge in [0.1, 0.15) is 4.90 Å². The van der Waals surface area contributed by atoms with Crippen molar-refractivity contribution in [1.82, 2.24) is 9.21 Å². The molecule has 2 fully saturated rings. The third-order valence-corrected chi connectivity index (χ3v) is 7.30. The van der Waals surface area contributed by atoms with Gasteiger partial charge >= 0.3 is 0 Å². The van der Waals surface area contributed by atoms with Crippen LogP contribution < -0.4 is 0 Å². The van der Waals surface area contributed by atoms with Gasteiger partial charge in [0.2, 0.25) is 10.0 Å². The smallest absolute Gasteiger partial charge is 0.253 e. The van der Waals surface area contributed by atoms with Crippen LogP contribution in [-0.2, 0) is 14.8 Å². The van der Waals surface area contributed by atoms with E-state index in [4.69, 9.17) is 16.3 Å². The number of hydrogen-bond donors (Lipinski definition) is 0. The molecule has 6 nitrogen and oxygen atoms in total. The Bertz CT molecular complexity index is 739. The first kappa shape index (κ1) is 18.6. The summed E-state index contributed by atoms with van der Waals surface area (Å²) in [5.41, 5.74) is 0.359. The fourth-order valence-corrected chi connectivity index (χ4v) is 5.40. The lowest BCUT2D eigenvalue weighted by Gasteiger charge is -2.31. The zero-order valence-electron chi connectivity index (χ0n) is 14.3. The molecule has 0 bridgehead atoms. The number of hydrogen-bond acceptors (Lipinski definition) is 4. The van der Waals surface area contributed by atoms with E-state index in [9.17, 15) is 13.2 Å². The van der Waals surface area contributed by atoms with E-state index in [1.54, 1.807) is 18.1 Å².